The number of halogens is 4. The first-order chi connectivity index (χ1) is 29.7. The molecule has 0 unspecified atom stereocenters. The summed E-state index contributed by atoms with van der Waals surface area (Å²) >= 11 is 0. The Hall–Kier alpha value is -6.75. The van der Waals surface area contributed by atoms with E-state index in [-0.39, 0.29) is 17.0 Å². The summed E-state index contributed by atoms with van der Waals surface area (Å²) < 4.78 is 62.3. The third kappa shape index (κ3) is 7.88. The summed E-state index contributed by atoms with van der Waals surface area (Å²) in [6.45, 7) is 0.447. The molecule has 0 amide bonds. The van der Waals surface area contributed by atoms with Gasteiger partial charge in [-0.3, -0.25) is 0 Å². The highest BCUT2D eigenvalue weighted by molar-refractivity contribution is 6.23. The third-order valence-corrected chi connectivity index (χ3v) is 11.5. The second-order valence-corrected chi connectivity index (χ2v) is 15.6. The molecule has 0 bridgehead atoms. The Kier molecular flexibility index (Phi) is 10.9. The number of para-hydroxylation sites is 1. The van der Waals surface area contributed by atoms with Crippen molar-refractivity contribution in [3.63, 3.8) is 0 Å². The summed E-state index contributed by atoms with van der Waals surface area (Å²) in [5, 5.41) is 8.12. The lowest BCUT2D eigenvalue weighted by Gasteiger charge is -2.23. The van der Waals surface area contributed by atoms with Crippen LogP contribution < -0.4 is 4.74 Å². The largest absolute Gasteiger partial charge is 0.486 e. The molecule has 8 aromatic rings. The van der Waals surface area contributed by atoms with Gasteiger partial charge in [0.25, 0.3) is 0 Å². The van der Waals surface area contributed by atoms with Crippen LogP contribution in [0.4, 0.5) is 17.6 Å². The fourth-order valence-corrected chi connectivity index (χ4v) is 8.64. The van der Waals surface area contributed by atoms with Crippen LogP contribution in [0.3, 0.4) is 0 Å². The summed E-state index contributed by atoms with van der Waals surface area (Å²) in [7, 11) is 0. The zero-order valence-electron chi connectivity index (χ0n) is 33.4. The van der Waals surface area contributed by atoms with Crippen LogP contribution in [0, 0.1) is 5.92 Å². The smallest absolute Gasteiger partial charge is 0.340 e. The molecule has 9 rings (SSSR count). The number of imidazole rings is 1. The van der Waals surface area contributed by atoms with Crippen LogP contribution in [-0.2, 0) is 16.2 Å². The summed E-state index contributed by atoms with van der Waals surface area (Å²) in [4.78, 5) is 26.3. The number of rotatable bonds is 12. The van der Waals surface area contributed by atoms with Crippen LogP contribution in [0.5, 0.6) is 5.75 Å². The summed E-state index contributed by atoms with van der Waals surface area (Å²) in [5.41, 5.74) is 7.42. The minimum atomic E-state index is -4.39. The maximum absolute atomic E-state index is 14.1. The Labute approximate surface area is 349 Å². The highest BCUT2D eigenvalue weighted by Gasteiger charge is 2.42. The van der Waals surface area contributed by atoms with E-state index in [1.807, 2.05) is 66.7 Å². The fourth-order valence-electron chi connectivity index (χ4n) is 8.64. The van der Waals surface area contributed by atoms with Crippen LogP contribution in [0.1, 0.15) is 50.2 Å². The van der Waals surface area contributed by atoms with Crippen LogP contribution in [0.25, 0.3) is 66.5 Å². The number of ether oxygens (including phenoxy) is 1. The minimum absolute atomic E-state index is 0.105. The third-order valence-electron chi connectivity index (χ3n) is 11.5. The Balaban J connectivity index is 1.28. The second kappa shape index (κ2) is 16.7. The van der Waals surface area contributed by atoms with Gasteiger partial charge in [0.1, 0.15) is 17.3 Å². The molecule has 1 aliphatic rings. The number of nitrogens with zero attached hydrogens (tertiary/aromatic N) is 3. The molecule has 11 heteroatoms. The summed E-state index contributed by atoms with van der Waals surface area (Å²) in [5.74, 6) is -4.04. The van der Waals surface area contributed by atoms with E-state index >= 15 is 0 Å². The number of H-pyrrole nitrogens is 1. The minimum Gasteiger partial charge on any atom is -0.486 e. The number of benzene rings is 6. The van der Waals surface area contributed by atoms with Gasteiger partial charge < -0.3 is 19.1 Å². The number of fused-ring (bicyclic) bond motifs is 5. The molecule has 6 aromatic carbocycles. The lowest BCUT2D eigenvalue weighted by atomic mass is 9.89. The van der Waals surface area contributed by atoms with Crippen molar-refractivity contribution in [3.05, 3.63) is 145 Å². The molecule has 1 fully saturated rings. The van der Waals surface area contributed by atoms with E-state index in [1.54, 1.807) is 18.2 Å². The van der Waals surface area contributed by atoms with Gasteiger partial charge in [-0.2, -0.15) is 8.78 Å². The number of hydrogen-bond acceptors (Lipinski definition) is 5. The summed E-state index contributed by atoms with van der Waals surface area (Å²) in [6, 6.07) is 42.7. The number of aromatic nitrogens is 3. The van der Waals surface area contributed by atoms with Crippen molar-refractivity contribution in [2.45, 2.75) is 57.9 Å². The van der Waals surface area contributed by atoms with Gasteiger partial charge in [-0.25, -0.2) is 18.6 Å². The number of carbonyl (C=O) groups is 1. The average Bonchev–Trinajstić information content (AvgIpc) is 3.86. The van der Waals surface area contributed by atoms with Crippen molar-refractivity contribution in [3.8, 4) is 39.7 Å². The molecule has 0 aliphatic heterocycles. The van der Waals surface area contributed by atoms with Gasteiger partial charge in [0.05, 0.1) is 16.9 Å². The molecule has 2 heterocycles. The maximum atomic E-state index is 14.1. The molecule has 308 valence electrons. The predicted octanol–water partition coefficient (Wildman–Crippen LogP) is 12.8. The van der Waals surface area contributed by atoms with Crippen molar-refractivity contribution in [2.24, 2.45) is 11.1 Å². The monoisotopic (exact) mass is 822 g/mol. The predicted molar refractivity (Wildman–Crippen MR) is 232 cm³/mol. The van der Waals surface area contributed by atoms with E-state index in [4.69, 9.17) is 14.6 Å². The highest BCUT2D eigenvalue weighted by atomic mass is 19.3. The molecule has 0 atom stereocenters. The fraction of sp³-hybridized carbons (Fsp3) is 0.220. The van der Waals surface area contributed by atoms with Gasteiger partial charge >= 0.3 is 18.3 Å². The topological polar surface area (TPSA) is 81.5 Å². The second-order valence-electron chi connectivity index (χ2n) is 15.6. The number of nitrogens with one attached hydrogen (secondary N) is 1. The van der Waals surface area contributed by atoms with Crippen molar-refractivity contribution >= 4 is 44.3 Å². The van der Waals surface area contributed by atoms with E-state index in [0.717, 1.165) is 80.0 Å². The molecular formula is C50H42F4N4O3. The van der Waals surface area contributed by atoms with Gasteiger partial charge in [0, 0.05) is 63.0 Å². The molecule has 0 spiro atoms. The zero-order chi connectivity index (χ0) is 42.1. The molecule has 1 N–H and O–H groups in total. The van der Waals surface area contributed by atoms with Crippen molar-refractivity contribution in [2.75, 3.05) is 6.61 Å². The molecule has 7 nitrogen and oxygen atoms in total. The van der Waals surface area contributed by atoms with E-state index in [1.165, 1.54) is 32.3 Å². The first kappa shape index (κ1) is 39.7. The lowest BCUT2D eigenvalue weighted by Crippen LogP contribution is -2.34. The van der Waals surface area contributed by atoms with E-state index in [0.29, 0.717) is 17.3 Å². The molecular weight excluding hydrogens is 781 g/mol. The first-order valence-electron chi connectivity index (χ1n) is 20.5. The van der Waals surface area contributed by atoms with E-state index in [2.05, 4.69) is 57.2 Å². The van der Waals surface area contributed by atoms with E-state index < -0.39 is 24.9 Å². The first-order valence-corrected chi connectivity index (χ1v) is 20.5. The number of aromatic amines is 1. The van der Waals surface area contributed by atoms with Gasteiger partial charge in [0.15, 0.2) is 6.61 Å². The number of hydrogen-bond donors (Lipinski definition) is 1. The SMILES string of the molecule is CC(=O)O/N=C(\c1ccc2c(c1)c1cc(-c3nc(-c4ccccc4)c(-c4ccccc4)[nH]3)c3ccccc3c1n2CC1CCCCC1)c1ccccc1OCC(F)(F)C(F)F. The highest BCUT2D eigenvalue weighted by Crippen LogP contribution is 2.43. The van der Waals surface area contributed by atoms with Crippen molar-refractivity contribution in [1.82, 2.24) is 14.5 Å². The van der Waals surface area contributed by atoms with Gasteiger partial charge in [-0.15, -0.1) is 0 Å². The maximum Gasteiger partial charge on any atom is 0.340 e. The Morgan fingerprint density at radius 3 is 2.20 bits per heavy atom. The number of oxime groups is 1. The van der Waals surface area contributed by atoms with Crippen LogP contribution in [0.15, 0.2) is 139 Å². The zero-order valence-corrected chi connectivity index (χ0v) is 33.4. The summed E-state index contributed by atoms with van der Waals surface area (Å²) in [6.07, 6.45) is 1.94. The Morgan fingerprint density at radius 2 is 1.48 bits per heavy atom. The Bertz CT molecular complexity index is 2840. The molecule has 61 heavy (non-hydrogen) atoms. The standard InChI is InChI=1S/C50H42F4N4O3/c1-31(59)61-57-44(38-23-13-14-24-43(38)60-30-50(53,54)49(51)52)35-25-26-42-39(27-35)40-28-41(36-21-11-12-22-37(36)47(40)58(42)29-32-15-5-2-6-16-32)48-55-45(33-17-7-3-8-18-33)46(56-48)34-19-9-4-10-20-34/h3-4,7-14,17-28,32,49H,2,5-6,15-16,29-30H2,1H3,(H,55,56)/b57-44+. The molecule has 0 saturated heterocycles. The van der Waals surface area contributed by atoms with E-state index in [9.17, 15) is 22.4 Å². The normalized spacial score (nSPS) is 14.0. The molecule has 1 saturated carbocycles. The average molecular weight is 823 g/mol. The van der Waals surface area contributed by atoms with Crippen LogP contribution in [0.2, 0.25) is 0 Å². The quantitative estimate of drug-likeness (QED) is 0.0576. The molecule has 1 aliphatic carbocycles. The van der Waals surface area contributed by atoms with Gasteiger partial charge in [-0.1, -0.05) is 128 Å². The van der Waals surface area contributed by atoms with Crippen molar-refractivity contribution < 1.29 is 31.9 Å². The van der Waals surface area contributed by atoms with Crippen LogP contribution in [-0.4, -0.2) is 45.2 Å². The number of carbonyl (C=O) groups excluding carboxylic acids is 1. The molecule has 0 radical (unpaired) electrons. The van der Waals surface area contributed by atoms with Crippen LogP contribution >= 0.6 is 0 Å². The number of alkyl halides is 4. The Morgan fingerprint density at radius 1 is 0.803 bits per heavy atom. The van der Waals surface area contributed by atoms with Gasteiger partial charge in [-0.05, 0) is 54.5 Å². The van der Waals surface area contributed by atoms with Gasteiger partial charge in [0.2, 0.25) is 0 Å². The molecule has 2 aromatic heterocycles. The van der Waals surface area contributed by atoms with Crippen molar-refractivity contribution in [1.29, 1.82) is 0 Å². The lowest BCUT2D eigenvalue weighted by molar-refractivity contribution is -0.148.